The van der Waals surface area contributed by atoms with Crippen LogP contribution in [0.2, 0.25) is 0 Å². The summed E-state index contributed by atoms with van der Waals surface area (Å²) in [6.07, 6.45) is 1.91. The summed E-state index contributed by atoms with van der Waals surface area (Å²) in [6.45, 7) is 1.46. The van der Waals surface area contributed by atoms with Crippen LogP contribution in [0.5, 0.6) is 0 Å². The second-order valence-electron chi connectivity index (χ2n) is 4.94. The first kappa shape index (κ1) is 14.5. The molecule has 1 fully saturated rings. The van der Waals surface area contributed by atoms with Crippen LogP contribution in [0.1, 0.15) is 19.3 Å². The lowest BCUT2D eigenvalue weighted by atomic mass is 10.2. The lowest BCUT2D eigenvalue weighted by Crippen LogP contribution is -2.41. The molecule has 1 aromatic rings. The van der Waals surface area contributed by atoms with Crippen molar-refractivity contribution in [2.45, 2.75) is 25.3 Å². The maximum atomic E-state index is 12.3. The number of anilines is 1. The van der Waals surface area contributed by atoms with Crippen molar-refractivity contribution >= 4 is 17.5 Å². The lowest BCUT2D eigenvalue weighted by Gasteiger charge is -2.17. The Bertz CT molecular complexity index is 461. The summed E-state index contributed by atoms with van der Waals surface area (Å²) >= 11 is 0. The fraction of sp³-hybridized carbons (Fsp3) is 0.467. The number of para-hydroxylation sites is 1. The van der Waals surface area contributed by atoms with Gasteiger partial charge in [-0.25, -0.2) is 0 Å². The second-order valence-corrected chi connectivity index (χ2v) is 4.94. The fourth-order valence-electron chi connectivity index (χ4n) is 2.37. The first-order valence-corrected chi connectivity index (χ1v) is 7.03. The van der Waals surface area contributed by atoms with Gasteiger partial charge in [-0.2, -0.15) is 0 Å². The summed E-state index contributed by atoms with van der Waals surface area (Å²) in [5.41, 5.74) is 0.893. The van der Waals surface area contributed by atoms with E-state index in [2.05, 4.69) is 10.6 Å². The zero-order valence-corrected chi connectivity index (χ0v) is 11.8. The van der Waals surface area contributed by atoms with Crippen molar-refractivity contribution in [3.05, 3.63) is 30.3 Å². The molecule has 1 aliphatic heterocycles. The molecule has 0 spiro atoms. The predicted octanol–water partition coefficient (Wildman–Crippen LogP) is 0.908. The van der Waals surface area contributed by atoms with Crippen molar-refractivity contribution in [2.75, 3.05) is 25.0 Å². The van der Waals surface area contributed by atoms with Crippen LogP contribution in [-0.2, 0) is 9.59 Å². The molecule has 2 N–H and O–H groups in total. The van der Waals surface area contributed by atoms with E-state index in [-0.39, 0.29) is 17.9 Å². The van der Waals surface area contributed by atoms with Gasteiger partial charge < -0.3 is 15.5 Å². The Morgan fingerprint density at radius 2 is 2.10 bits per heavy atom. The topological polar surface area (TPSA) is 61.4 Å². The number of carbonyl (C=O) groups is 2. The SMILES string of the molecule is CNCCCC(=O)NC1CCN(c2ccccc2)C1=O. The Hall–Kier alpha value is -1.88. The van der Waals surface area contributed by atoms with Gasteiger partial charge in [0.15, 0.2) is 0 Å². The highest BCUT2D eigenvalue weighted by Crippen LogP contribution is 2.21. The monoisotopic (exact) mass is 275 g/mol. The third kappa shape index (κ3) is 3.57. The van der Waals surface area contributed by atoms with E-state index in [9.17, 15) is 9.59 Å². The Morgan fingerprint density at radius 1 is 1.35 bits per heavy atom. The average Bonchev–Trinajstić information content (AvgIpc) is 2.81. The fourth-order valence-corrected chi connectivity index (χ4v) is 2.37. The molecule has 1 unspecified atom stereocenters. The molecular weight excluding hydrogens is 254 g/mol. The third-order valence-electron chi connectivity index (χ3n) is 3.44. The zero-order valence-electron chi connectivity index (χ0n) is 11.8. The van der Waals surface area contributed by atoms with Gasteiger partial charge in [-0.1, -0.05) is 18.2 Å². The van der Waals surface area contributed by atoms with Crippen LogP contribution < -0.4 is 15.5 Å². The summed E-state index contributed by atoms with van der Waals surface area (Å²) in [5, 5.41) is 5.83. The van der Waals surface area contributed by atoms with Crippen molar-refractivity contribution in [1.29, 1.82) is 0 Å². The van der Waals surface area contributed by atoms with Crippen LogP contribution in [-0.4, -0.2) is 38.0 Å². The van der Waals surface area contributed by atoms with E-state index in [1.165, 1.54) is 0 Å². The Kier molecular flexibility index (Phi) is 5.12. The molecule has 0 saturated carbocycles. The zero-order chi connectivity index (χ0) is 14.4. The largest absolute Gasteiger partial charge is 0.344 e. The average molecular weight is 275 g/mol. The molecule has 1 atom stereocenters. The first-order valence-electron chi connectivity index (χ1n) is 7.03. The number of hydrogen-bond donors (Lipinski definition) is 2. The van der Waals surface area contributed by atoms with E-state index >= 15 is 0 Å². The van der Waals surface area contributed by atoms with Gasteiger partial charge in [0, 0.05) is 18.7 Å². The molecule has 5 nitrogen and oxygen atoms in total. The lowest BCUT2D eigenvalue weighted by molar-refractivity contribution is -0.126. The highest BCUT2D eigenvalue weighted by Gasteiger charge is 2.33. The van der Waals surface area contributed by atoms with Crippen LogP contribution in [0.15, 0.2) is 30.3 Å². The van der Waals surface area contributed by atoms with Gasteiger partial charge in [-0.15, -0.1) is 0 Å². The Morgan fingerprint density at radius 3 is 2.80 bits per heavy atom. The quantitative estimate of drug-likeness (QED) is 0.759. The van der Waals surface area contributed by atoms with Gasteiger partial charge in [-0.3, -0.25) is 9.59 Å². The van der Waals surface area contributed by atoms with E-state index in [1.54, 1.807) is 4.90 Å². The second kappa shape index (κ2) is 7.05. The number of carbonyl (C=O) groups excluding carboxylic acids is 2. The van der Waals surface area contributed by atoms with Gasteiger partial charge in [0.25, 0.3) is 0 Å². The highest BCUT2D eigenvalue weighted by atomic mass is 16.2. The molecule has 0 aliphatic carbocycles. The van der Waals surface area contributed by atoms with Crippen LogP contribution >= 0.6 is 0 Å². The molecule has 1 heterocycles. The minimum absolute atomic E-state index is 0.0156. The minimum atomic E-state index is -0.378. The van der Waals surface area contributed by atoms with Gasteiger partial charge >= 0.3 is 0 Å². The van der Waals surface area contributed by atoms with E-state index in [4.69, 9.17) is 0 Å². The molecule has 20 heavy (non-hydrogen) atoms. The van der Waals surface area contributed by atoms with E-state index < -0.39 is 0 Å². The maximum absolute atomic E-state index is 12.3. The molecule has 2 rings (SSSR count). The van der Waals surface area contributed by atoms with Gasteiger partial charge in [0.05, 0.1) is 0 Å². The first-order chi connectivity index (χ1) is 9.72. The molecule has 5 heteroatoms. The van der Waals surface area contributed by atoms with Crippen LogP contribution in [0, 0.1) is 0 Å². The number of benzene rings is 1. The molecular formula is C15H21N3O2. The number of amides is 2. The number of nitrogens with zero attached hydrogens (tertiary/aromatic N) is 1. The molecule has 0 radical (unpaired) electrons. The number of nitrogens with one attached hydrogen (secondary N) is 2. The van der Waals surface area contributed by atoms with Crippen LogP contribution in [0.25, 0.3) is 0 Å². The third-order valence-corrected chi connectivity index (χ3v) is 3.44. The molecule has 1 aliphatic rings. The van der Waals surface area contributed by atoms with E-state index in [1.807, 2.05) is 37.4 Å². The van der Waals surface area contributed by atoms with Crippen LogP contribution in [0.4, 0.5) is 5.69 Å². The Labute approximate surface area is 119 Å². The molecule has 1 aromatic carbocycles. The molecule has 108 valence electrons. The van der Waals surface area contributed by atoms with E-state index in [0.29, 0.717) is 19.4 Å². The van der Waals surface area contributed by atoms with Crippen molar-refractivity contribution in [1.82, 2.24) is 10.6 Å². The van der Waals surface area contributed by atoms with Crippen molar-refractivity contribution in [2.24, 2.45) is 0 Å². The predicted molar refractivity (Wildman–Crippen MR) is 78.5 cm³/mol. The standard InChI is InChI=1S/C15H21N3O2/c1-16-10-5-8-14(19)17-13-9-11-18(15(13)20)12-6-3-2-4-7-12/h2-4,6-7,13,16H,5,8-11H2,1H3,(H,17,19). The Balaban J connectivity index is 1.87. The number of hydrogen-bond acceptors (Lipinski definition) is 3. The summed E-state index contributed by atoms with van der Waals surface area (Å²) in [6, 6.07) is 9.19. The summed E-state index contributed by atoms with van der Waals surface area (Å²) in [4.78, 5) is 25.8. The summed E-state index contributed by atoms with van der Waals surface area (Å²) < 4.78 is 0. The molecule has 1 saturated heterocycles. The molecule has 0 bridgehead atoms. The van der Waals surface area contributed by atoms with E-state index in [0.717, 1.165) is 18.7 Å². The molecule has 0 aromatic heterocycles. The number of rotatable bonds is 6. The van der Waals surface area contributed by atoms with Crippen molar-refractivity contribution in [3.63, 3.8) is 0 Å². The van der Waals surface area contributed by atoms with Gasteiger partial charge in [0.2, 0.25) is 11.8 Å². The van der Waals surface area contributed by atoms with Crippen molar-refractivity contribution < 1.29 is 9.59 Å². The summed E-state index contributed by atoms with van der Waals surface area (Å²) in [5.74, 6) is -0.0633. The van der Waals surface area contributed by atoms with Gasteiger partial charge in [-0.05, 0) is 38.6 Å². The molecule has 2 amide bonds. The van der Waals surface area contributed by atoms with Crippen molar-refractivity contribution in [3.8, 4) is 0 Å². The van der Waals surface area contributed by atoms with Gasteiger partial charge in [0.1, 0.15) is 6.04 Å². The van der Waals surface area contributed by atoms with Crippen LogP contribution in [0.3, 0.4) is 0 Å². The minimum Gasteiger partial charge on any atom is -0.344 e. The summed E-state index contributed by atoms with van der Waals surface area (Å²) in [7, 11) is 1.86. The normalized spacial score (nSPS) is 18.4. The smallest absolute Gasteiger partial charge is 0.249 e. The maximum Gasteiger partial charge on any atom is 0.249 e. The highest BCUT2D eigenvalue weighted by molar-refractivity contribution is 6.01.